The van der Waals surface area contributed by atoms with Gasteiger partial charge in [0.25, 0.3) is 0 Å². The molecule has 0 unspecified atom stereocenters. The van der Waals surface area contributed by atoms with E-state index in [0.29, 0.717) is 5.56 Å². The maximum absolute atomic E-state index is 9.20. The molecule has 0 aliphatic carbocycles. The highest BCUT2D eigenvalue weighted by Gasteiger charge is 2.11. The normalized spacial score (nSPS) is 10.6. The Morgan fingerprint density at radius 3 is 1.36 bits per heavy atom. The molecule has 0 spiro atoms. The third-order valence-electron chi connectivity index (χ3n) is 8.09. The van der Waals surface area contributed by atoms with E-state index in [0.717, 1.165) is 44.8 Å². The number of hydrogen-bond donors (Lipinski definition) is 1. The van der Waals surface area contributed by atoms with Gasteiger partial charge in [-0.1, -0.05) is 127 Å². The topological polar surface area (TPSA) is 35.8 Å². The number of rotatable bonds is 7. The van der Waals surface area contributed by atoms with E-state index in [-0.39, 0.29) is 0 Å². The maximum atomic E-state index is 9.20. The molecule has 0 atom stereocenters. The van der Waals surface area contributed by atoms with Gasteiger partial charge in [-0.2, -0.15) is 5.26 Å². The molecule has 7 aromatic carbocycles. The van der Waals surface area contributed by atoms with Gasteiger partial charge < -0.3 is 5.32 Å². The zero-order valence-electron chi connectivity index (χ0n) is 24.7. The van der Waals surface area contributed by atoms with E-state index in [4.69, 9.17) is 0 Å². The molecule has 7 aromatic rings. The van der Waals surface area contributed by atoms with Crippen LogP contribution in [0.5, 0.6) is 0 Å². The first kappa shape index (κ1) is 27.7. The van der Waals surface area contributed by atoms with Crippen LogP contribution in [-0.2, 0) is 0 Å². The fourth-order valence-electron chi connectivity index (χ4n) is 5.75. The number of nitrogens with one attached hydrogen (secondary N) is 1. The molecule has 0 heterocycles. The highest BCUT2D eigenvalue weighted by molar-refractivity contribution is 5.88. The van der Waals surface area contributed by atoms with Gasteiger partial charge in [-0.3, -0.25) is 0 Å². The first-order valence-corrected chi connectivity index (χ1v) is 15.1. The molecule has 0 aromatic heterocycles. The van der Waals surface area contributed by atoms with Crippen LogP contribution >= 0.6 is 0 Å². The minimum Gasteiger partial charge on any atom is -0.355 e. The number of nitrogens with zero attached hydrogens (tertiary/aromatic N) is 1. The van der Waals surface area contributed by atoms with Crippen molar-refractivity contribution in [2.45, 2.75) is 0 Å². The van der Waals surface area contributed by atoms with Gasteiger partial charge in [-0.05, 0) is 98.6 Å². The van der Waals surface area contributed by atoms with E-state index in [1.54, 1.807) is 0 Å². The molecule has 0 fully saturated rings. The fraction of sp³-hybridized carbons (Fsp3) is 0. The van der Waals surface area contributed by atoms with E-state index in [2.05, 4.69) is 145 Å². The molecule has 7 rings (SSSR count). The van der Waals surface area contributed by atoms with Gasteiger partial charge >= 0.3 is 0 Å². The summed E-state index contributed by atoms with van der Waals surface area (Å²) in [6.45, 7) is 0. The number of nitriles is 1. The van der Waals surface area contributed by atoms with Crippen molar-refractivity contribution in [2.24, 2.45) is 0 Å². The molecule has 0 amide bonds. The molecule has 2 heteroatoms. The van der Waals surface area contributed by atoms with Crippen LogP contribution in [0.1, 0.15) is 5.56 Å². The monoisotopic (exact) mass is 574 g/mol. The molecule has 0 saturated heterocycles. The lowest BCUT2D eigenvalue weighted by Gasteiger charge is -2.16. The van der Waals surface area contributed by atoms with Crippen molar-refractivity contribution in [3.63, 3.8) is 0 Å². The summed E-state index contributed by atoms with van der Waals surface area (Å²) in [6.07, 6.45) is 0. The average molecular weight is 575 g/mol. The lowest BCUT2D eigenvalue weighted by molar-refractivity contribution is 1.48. The third kappa shape index (κ3) is 6.15. The van der Waals surface area contributed by atoms with Gasteiger partial charge in [0.2, 0.25) is 0 Å². The van der Waals surface area contributed by atoms with Crippen molar-refractivity contribution in [1.29, 1.82) is 5.26 Å². The second kappa shape index (κ2) is 12.6. The first-order valence-electron chi connectivity index (χ1n) is 15.1. The molecule has 0 saturated carbocycles. The molecule has 0 bridgehead atoms. The predicted octanol–water partition coefficient (Wildman–Crippen LogP) is 11.6. The SMILES string of the molecule is N#Cc1ccc(-c2cccc(-c3ccc(-c4cccc(-c5cccc(-c6ccccc6)c5)c4)c(Nc4ccccc4)c3)c2)cc1. The van der Waals surface area contributed by atoms with Crippen molar-refractivity contribution in [1.82, 2.24) is 0 Å². The fourth-order valence-corrected chi connectivity index (χ4v) is 5.75. The van der Waals surface area contributed by atoms with Crippen molar-refractivity contribution in [3.8, 4) is 61.7 Å². The van der Waals surface area contributed by atoms with Gasteiger partial charge in [0.15, 0.2) is 0 Å². The second-order valence-electron chi connectivity index (χ2n) is 11.0. The summed E-state index contributed by atoms with van der Waals surface area (Å²) in [6, 6.07) is 63.5. The average Bonchev–Trinajstić information content (AvgIpc) is 3.12. The number of para-hydroxylation sites is 1. The van der Waals surface area contributed by atoms with E-state index in [1.165, 1.54) is 22.3 Å². The van der Waals surface area contributed by atoms with Crippen LogP contribution in [0, 0.1) is 11.3 Å². The van der Waals surface area contributed by atoms with Crippen LogP contribution in [0.4, 0.5) is 11.4 Å². The standard InChI is InChI=1S/C43H30N2/c44-30-31-20-22-33(23-21-31)35-13-8-15-37(27-35)39-24-25-42(43(29-39)45-41-18-5-2-6-19-41)40-17-9-16-38(28-40)36-14-7-12-34(26-36)32-10-3-1-4-11-32/h1-29,45H. The molecule has 0 aliphatic rings. The molecule has 2 nitrogen and oxygen atoms in total. The molecule has 45 heavy (non-hydrogen) atoms. The Kier molecular flexibility index (Phi) is 7.74. The van der Waals surface area contributed by atoms with Gasteiger partial charge in [0.05, 0.1) is 11.6 Å². The zero-order chi connectivity index (χ0) is 30.4. The van der Waals surface area contributed by atoms with Gasteiger partial charge in [0.1, 0.15) is 0 Å². The largest absolute Gasteiger partial charge is 0.355 e. The Morgan fingerprint density at radius 2 is 0.778 bits per heavy atom. The van der Waals surface area contributed by atoms with E-state index in [1.807, 2.05) is 42.5 Å². The van der Waals surface area contributed by atoms with Crippen molar-refractivity contribution < 1.29 is 0 Å². The molecule has 0 aliphatic heterocycles. The smallest absolute Gasteiger partial charge is 0.0991 e. The zero-order valence-corrected chi connectivity index (χ0v) is 24.7. The Labute approximate surface area is 264 Å². The van der Waals surface area contributed by atoms with Crippen LogP contribution in [0.25, 0.3) is 55.6 Å². The summed E-state index contributed by atoms with van der Waals surface area (Å²) in [5, 5.41) is 12.9. The summed E-state index contributed by atoms with van der Waals surface area (Å²) in [5.41, 5.74) is 14.3. The van der Waals surface area contributed by atoms with Crippen molar-refractivity contribution in [2.75, 3.05) is 5.32 Å². The molecule has 212 valence electrons. The Bertz CT molecular complexity index is 2120. The third-order valence-corrected chi connectivity index (χ3v) is 8.09. The lowest BCUT2D eigenvalue weighted by atomic mass is 9.93. The molecular weight excluding hydrogens is 544 g/mol. The van der Waals surface area contributed by atoms with Crippen LogP contribution in [0.15, 0.2) is 176 Å². The number of hydrogen-bond acceptors (Lipinski definition) is 2. The summed E-state index contributed by atoms with van der Waals surface area (Å²) in [4.78, 5) is 0. The van der Waals surface area contributed by atoms with Crippen LogP contribution in [0.2, 0.25) is 0 Å². The molecule has 0 radical (unpaired) electrons. The molecule has 1 N–H and O–H groups in total. The maximum Gasteiger partial charge on any atom is 0.0991 e. The Morgan fingerprint density at radius 1 is 0.356 bits per heavy atom. The van der Waals surface area contributed by atoms with Crippen molar-refractivity contribution >= 4 is 11.4 Å². The number of anilines is 2. The van der Waals surface area contributed by atoms with Crippen LogP contribution in [0.3, 0.4) is 0 Å². The van der Waals surface area contributed by atoms with Crippen LogP contribution < -0.4 is 5.32 Å². The van der Waals surface area contributed by atoms with E-state index >= 15 is 0 Å². The number of benzene rings is 7. The summed E-state index contributed by atoms with van der Waals surface area (Å²) < 4.78 is 0. The predicted molar refractivity (Wildman–Crippen MR) is 188 cm³/mol. The second-order valence-corrected chi connectivity index (χ2v) is 11.0. The Hall–Kier alpha value is -6.17. The minimum absolute atomic E-state index is 0.662. The van der Waals surface area contributed by atoms with E-state index in [9.17, 15) is 5.26 Å². The van der Waals surface area contributed by atoms with E-state index < -0.39 is 0 Å². The van der Waals surface area contributed by atoms with Crippen molar-refractivity contribution in [3.05, 3.63) is 181 Å². The minimum atomic E-state index is 0.662. The van der Waals surface area contributed by atoms with Crippen LogP contribution in [-0.4, -0.2) is 0 Å². The Balaban J connectivity index is 1.28. The van der Waals surface area contributed by atoms with Gasteiger partial charge in [-0.25, -0.2) is 0 Å². The highest BCUT2D eigenvalue weighted by Crippen LogP contribution is 2.37. The van der Waals surface area contributed by atoms with Gasteiger partial charge in [0, 0.05) is 16.9 Å². The highest BCUT2D eigenvalue weighted by atomic mass is 14.9. The first-order chi connectivity index (χ1) is 22.2. The van der Waals surface area contributed by atoms with Gasteiger partial charge in [-0.15, -0.1) is 0 Å². The quantitative estimate of drug-likeness (QED) is 0.205. The summed E-state index contributed by atoms with van der Waals surface area (Å²) in [5.74, 6) is 0. The summed E-state index contributed by atoms with van der Waals surface area (Å²) in [7, 11) is 0. The lowest BCUT2D eigenvalue weighted by Crippen LogP contribution is -1.95. The molecular formula is C43H30N2. The summed E-state index contributed by atoms with van der Waals surface area (Å²) >= 11 is 0.